The molecule has 0 amide bonds. The smallest absolute Gasteiger partial charge is 0.145 e. The fourth-order valence-corrected chi connectivity index (χ4v) is 10.8. The zero-order chi connectivity index (χ0) is 37.1. The van der Waals surface area contributed by atoms with Crippen LogP contribution in [0.1, 0.15) is 25.0 Å². The summed E-state index contributed by atoms with van der Waals surface area (Å²) in [5, 5.41) is 9.65. The van der Waals surface area contributed by atoms with E-state index in [1.165, 1.54) is 64.0 Å². The third kappa shape index (κ3) is 4.43. The van der Waals surface area contributed by atoms with Crippen LogP contribution >= 0.6 is 11.3 Å². The van der Waals surface area contributed by atoms with Gasteiger partial charge in [-0.3, -0.25) is 0 Å². The summed E-state index contributed by atoms with van der Waals surface area (Å²) in [7, 11) is 0. The highest BCUT2D eigenvalue weighted by Gasteiger charge is 2.36. The van der Waals surface area contributed by atoms with E-state index in [1.807, 2.05) is 11.3 Å². The second-order valence-electron chi connectivity index (χ2n) is 15.6. The zero-order valence-corrected chi connectivity index (χ0v) is 31.8. The van der Waals surface area contributed by atoms with Crippen LogP contribution in [0.5, 0.6) is 0 Å². The van der Waals surface area contributed by atoms with Crippen LogP contribution in [0.4, 0.5) is 17.1 Å². The highest BCUT2D eigenvalue weighted by atomic mass is 32.1. The van der Waals surface area contributed by atoms with Crippen molar-refractivity contribution >= 4 is 92.1 Å². The summed E-state index contributed by atoms with van der Waals surface area (Å²) < 4.78 is 9.63. The molecule has 0 fully saturated rings. The summed E-state index contributed by atoms with van der Waals surface area (Å²) in [6.07, 6.45) is 0. The predicted octanol–water partition coefficient (Wildman–Crippen LogP) is 15.7. The number of anilines is 3. The fourth-order valence-electron chi connectivity index (χ4n) is 9.56. The van der Waals surface area contributed by atoms with Crippen molar-refractivity contribution in [2.24, 2.45) is 0 Å². The quantitative estimate of drug-likeness (QED) is 0.179. The Hall–Kier alpha value is -6.68. The van der Waals surface area contributed by atoms with Crippen LogP contribution in [0, 0.1) is 0 Å². The lowest BCUT2D eigenvalue weighted by Crippen LogP contribution is -2.17. The molecule has 0 saturated carbocycles. The largest absolute Gasteiger partial charge is 0.455 e. The van der Waals surface area contributed by atoms with Crippen LogP contribution in [0.3, 0.4) is 0 Å². The number of benzene rings is 9. The van der Waals surface area contributed by atoms with Crippen molar-refractivity contribution in [1.82, 2.24) is 0 Å². The molecule has 0 spiro atoms. The molecule has 264 valence electrons. The maximum atomic E-state index is 7.08. The van der Waals surface area contributed by atoms with Crippen molar-refractivity contribution in [3.63, 3.8) is 0 Å². The SMILES string of the molecule is CC1(C)c2ccccc2-c2ccc(N(c3ccc4c(oc5ccc6ccccc6c54)c3-c3ccc4ccccc4c3)c3cccc4c3sc3ccccc34)cc21. The first kappa shape index (κ1) is 31.6. The number of thiophene rings is 1. The van der Waals surface area contributed by atoms with E-state index < -0.39 is 0 Å². The second-order valence-corrected chi connectivity index (χ2v) is 16.7. The van der Waals surface area contributed by atoms with Crippen LogP contribution in [0.2, 0.25) is 0 Å². The first-order chi connectivity index (χ1) is 27.5. The Kier molecular flexibility index (Phi) is 6.59. The van der Waals surface area contributed by atoms with Crippen molar-refractivity contribution in [3.8, 4) is 22.3 Å². The second kappa shape index (κ2) is 11.7. The molecule has 0 radical (unpaired) electrons. The minimum atomic E-state index is -0.151. The minimum Gasteiger partial charge on any atom is -0.455 e. The average molecular weight is 734 g/mol. The standard InChI is InChI=1S/C53H35NOS/c1-53(2)43-19-9-7-16-38(43)39-26-25-36(31-44(39)53)54(46-20-11-18-41-40-17-8-10-21-48(40)56-52(41)46)45-28-27-42-50-37-15-6-5-13-33(37)24-29-47(50)55-51(42)49(45)35-23-22-32-12-3-4-14-34(32)30-35/h3-31H,1-2H3. The van der Waals surface area contributed by atoms with Gasteiger partial charge in [0.25, 0.3) is 0 Å². The lowest BCUT2D eigenvalue weighted by Gasteiger charge is -2.30. The van der Waals surface area contributed by atoms with Crippen molar-refractivity contribution in [1.29, 1.82) is 0 Å². The molecule has 11 aromatic rings. The molecule has 9 aromatic carbocycles. The summed E-state index contributed by atoms with van der Waals surface area (Å²) in [6.45, 7) is 4.73. The first-order valence-corrected chi connectivity index (χ1v) is 20.2. The van der Waals surface area contributed by atoms with E-state index in [1.54, 1.807) is 0 Å². The zero-order valence-electron chi connectivity index (χ0n) is 31.0. The lowest BCUT2D eigenvalue weighted by atomic mass is 9.82. The molecule has 12 rings (SSSR count). The van der Waals surface area contributed by atoms with Crippen molar-refractivity contribution in [2.45, 2.75) is 19.3 Å². The van der Waals surface area contributed by atoms with Crippen molar-refractivity contribution < 1.29 is 4.42 Å². The molecule has 0 aliphatic heterocycles. The van der Waals surface area contributed by atoms with Gasteiger partial charge < -0.3 is 9.32 Å². The number of rotatable bonds is 4. The molecular formula is C53H35NOS. The maximum Gasteiger partial charge on any atom is 0.145 e. The third-order valence-corrected chi connectivity index (χ3v) is 13.4. The molecule has 2 heterocycles. The lowest BCUT2D eigenvalue weighted by molar-refractivity contribution is 0.660. The number of hydrogen-bond acceptors (Lipinski definition) is 3. The topological polar surface area (TPSA) is 16.4 Å². The molecule has 0 unspecified atom stereocenters. The molecule has 3 heteroatoms. The fraction of sp³-hybridized carbons (Fsp3) is 0.0566. The highest BCUT2D eigenvalue weighted by molar-refractivity contribution is 7.26. The van der Waals surface area contributed by atoms with Gasteiger partial charge in [0.2, 0.25) is 0 Å². The number of hydrogen-bond donors (Lipinski definition) is 0. The Balaban J connectivity index is 1.21. The number of furan rings is 1. The molecule has 1 aliphatic rings. The monoisotopic (exact) mass is 733 g/mol. The van der Waals surface area contributed by atoms with Crippen LogP contribution in [0.15, 0.2) is 180 Å². The van der Waals surface area contributed by atoms with Crippen molar-refractivity contribution in [3.05, 3.63) is 187 Å². The number of fused-ring (bicyclic) bond motifs is 12. The van der Waals surface area contributed by atoms with Crippen LogP contribution in [-0.4, -0.2) is 0 Å². The summed E-state index contributed by atoms with van der Waals surface area (Å²) in [5.41, 5.74) is 12.5. The minimum absolute atomic E-state index is 0.151. The third-order valence-electron chi connectivity index (χ3n) is 12.2. The molecule has 56 heavy (non-hydrogen) atoms. The van der Waals surface area contributed by atoms with E-state index in [2.05, 4.69) is 195 Å². The molecule has 0 saturated heterocycles. The molecule has 0 atom stereocenters. The highest BCUT2D eigenvalue weighted by Crippen LogP contribution is 2.54. The van der Waals surface area contributed by atoms with Gasteiger partial charge in [0.05, 0.1) is 16.1 Å². The Morgan fingerprint density at radius 1 is 0.500 bits per heavy atom. The van der Waals surface area contributed by atoms with E-state index in [4.69, 9.17) is 4.42 Å². The van der Waals surface area contributed by atoms with Gasteiger partial charge in [0.1, 0.15) is 11.2 Å². The van der Waals surface area contributed by atoms with Gasteiger partial charge in [0, 0.05) is 42.9 Å². The van der Waals surface area contributed by atoms with Gasteiger partial charge in [-0.25, -0.2) is 0 Å². The van der Waals surface area contributed by atoms with E-state index in [0.717, 1.165) is 50.1 Å². The molecule has 1 aliphatic carbocycles. The van der Waals surface area contributed by atoms with Crippen LogP contribution in [-0.2, 0) is 5.41 Å². The molecule has 0 bridgehead atoms. The Morgan fingerprint density at radius 3 is 2.14 bits per heavy atom. The molecular weight excluding hydrogens is 699 g/mol. The van der Waals surface area contributed by atoms with Gasteiger partial charge in [-0.1, -0.05) is 141 Å². The predicted molar refractivity (Wildman–Crippen MR) is 239 cm³/mol. The first-order valence-electron chi connectivity index (χ1n) is 19.3. The Bertz CT molecular complexity index is 3420. The molecule has 2 nitrogen and oxygen atoms in total. The van der Waals surface area contributed by atoms with E-state index in [0.29, 0.717) is 0 Å². The summed E-state index contributed by atoms with van der Waals surface area (Å²) in [5.74, 6) is 0. The van der Waals surface area contributed by atoms with Crippen LogP contribution < -0.4 is 4.90 Å². The van der Waals surface area contributed by atoms with Crippen LogP contribution in [0.25, 0.3) is 85.9 Å². The molecule has 2 aromatic heterocycles. The number of nitrogens with zero attached hydrogens (tertiary/aromatic N) is 1. The van der Waals surface area contributed by atoms with Gasteiger partial charge >= 0.3 is 0 Å². The average Bonchev–Trinajstić information content (AvgIpc) is 3.89. The normalized spacial score (nSPS) is 13.3. The van der Waals surface area contributed by atoms with Gasteiger partial charge in [-0.05, 0) is 97.9 Å². The Labute approximate surface area is 328 Å². The summed E-state index contributed by atoms with van der Waals surface area (Å²) in [4.78, 5) is 2.51. The van der Waals surface area contributed by atoms with Gasteiger partial charge in [-0.15, -0.1) is 11.3 Å². The molecule has 0 N–H and O–H groups in total. The van der Waals surface area contributed by atoms with Crippen molar-refractivity contribution in [2.75, 3.05) is 4.90 Å². The van der Waals surface area contributed by atoms with E-state index in [9.17, 15) is 0 Å². The van der Waals surface area contributed by atoms with E-state index >= 15 is 0 Å². The maximum absolute atomic E-state index is 7.08. The summed E-state index contributed by atoms with van der Waals surface area (Å²) >= 11 is 1.87. The van der Waals surface area contributed by atoms with Gasteiger partial charge in [-0.2, -0.15) is 0 Å². The van der Waals surface area contributed by atoms with E-state index in [-0.39, 0.29) is 5.41 Å². The Morgan fingerprint density at radius 2 is 1.23 bits per heavy atom. The summed E-state index contributed by atoms with van der Waals surface area (Å²) in [6, 6.07) is 64.7. The van der Waals surface area contributed by atoms with Gasteiger partial charge in [0.15, 0.2) is 0 Å².